The number of hydrogen-bond donors (Lipinski definition) is 1. The Hall–Kier alpha value is -1.72. The molecule has 0 radical (unpaired) electrons. The molecule has 94 valence electrons. The fraction of sp³-hybridized carbons (Fsp3) is 0.385. The van der Waals surface area contributed by atoms with E-state index in [2.05, 4.69) is 0 Å². The molecule has 2 aliphatic heterocycles. The molecule has 0 saturated carbocycles. The lowest BCUT2D eigenvalue weighted by molar-refractivity contribution is -0.0421. The standard InChI is InChI=1S/C13H13NO4/c15-9-5-8(6-18-7-9)14-12(16)10-3-1-2-4-11(10)13(14)17/h1-4,8-9,15H,5-7H2/t8-,9+/m1/s1. The summed E-state index contributed by atoms with van der Waals surface area (Å²) >= 11 is 0. The molecular formula is C13H13NO4. The third kappa shape index (κ3) is 1.63. The van der Waals surface area contributed by atoms with Crippen LogP contribution in [0.4, 0.5) is 0 Å². The summed E-state index contributed by atoms with van der Waals surface area (Å²) in [4.78, 5) is 25.6. The number of aliphatic hydroxyl groups is 1. The number of ether oxygens (including phenoxy) is 1. The molecule has 0 spiro atoms. The molecule has 0 unspecified atom stereocenters. The van der Waals surface area contributed by atoms with Gasteiger partial charge in [0.2, 0.25) is 0 Å². The maximum atomic E-state index is 12.2. The minimum Gasteiger partial charge on any atom is -0.391 e. The van der Waals surface area contributed by atoms with Crippen molar-refractivity contribution in [3.63, 3.8) is 0 Å². The van der Waals surface area contributed by atoms with Crippen molar-refractivity contribution in [3.8, 4) is 0 Å². The zero-order valence-electron chi connectivity index (χ0n) is 9.70. The van der Waals surface area contributed by atoms with E-state index in [0.29, 0.717) is 24.2 Å². The SMILES string of the molecule is O=C1c2ccccc2C(=O)N1[C@H]1COC[C@@H](O)C1. The van der Waals surface area contributed by atoms with Gasteiger partial charge >= 0.3 is 0 Å². The third-order valence-corrected chi connectivity index (χ3v) is 3.36. The van der Waals surface area contributed by atoms with Crippen molar-refractivity contribution in [1.29, 1.82) is 0 Å². The number of hydrogen-bond acceptors (Lipinski definition) is 4. The lowest BCUT2D eigenvalue weighted by Crippen LogP contribution is -2.48. The number of rotatable bonds is 1. The van der Waals surface area contributed by atoms with Crippen LogP contribution in [0.5, 0.6) is 0 Å². The Bertz CT molecular complexity index is 478. The second kappa shape index (κ2) is 4.19. The summed E-state index contributed by atoms with van der Waals surface area (Å²) < 4.78 is 5.21. The number of benzene rings is 1. The van der Waals surface area contributed by atoms with Gasteiger partial charge in [0.1, 0.15) is 0 Å². The minimum absolute atomic E-state index is 0.264. The van der Waals surface area contributed by atoms with Crippen molar-refractivity contribution in [1.82, 2.24) is 4.90 Å². The number of amides is 2. The van der Waals surface area contributed by atoms with E-state index in [0.717, 1.165) is 0 Å². The van der Waals surface area contributed by atoms with Gasteiger partial charge in [-0.25, -0.2) is 0 Å². The molecule has 2 amide bonds. The maximum absolute atomic E-state index is 12.2. The molecule has 0 bridgehead atoms. The maximum Gasteiger partial charge on any atom is 0.261 e. The number of carbonyl (C=O) groups excluding carboxylic acids is 2. The Balaban J connectivity index is 1.92. The zero-order chi connectivity index (χ0) is 12.7. The van der Waals surface area contributed by atoms with Gasteiger partial charge in [-0.2, -0.15) is 0 Å². The zero-order valence-corrected chi connectivity index (χ0v) is 9.70. The summed E-state index contributed by atoms with van der Waals surface area (Å²) in [5.74, 6) is -0.586. The molecular weight excluding hydrogens is 234 g/mol. The molecule has 2 aliphatic rings. The predicted molar refractivity (Wildman–Crippen MR) is 62.2 cm³/mol. The van der Waals surface area contributed by atoms with Crippen molar-refractivity contribution in [2.75, 3.05) is 13.2 Å². The molecule has 2 atom stereocenters. The molecule has 1 aromatic rings. The summed E-state index contributed by atoms with van der Waals surface area (Å²) in [6.45, 7) is 0.558. The highest BCUT2D eigenvalue weighted by Crippen LogP contribution is 2.27. The lowest BCUT2D eigenvalue weighted by Gasteiger charge is -2.31. The number of nitrogens with zero attached hydrogens (tertiary/aromatic N) is 1. The van der Waals surface area contributed by atoms with E-state index in [9.17, 15) is 14.7 Å². The molecule has 0 aromatic heterocycles. The summed E-state index contributed by atoms with van der Waals surface area (Å²) in [5, 5.41) is 9.56. The van der Waals surface area contributed by atoms with Crippen LogP contribution in [0.3, 0.4) is 0 Å². The molecule has 0 aliphatic carbocycles. The van der Waals surface area contributed by atoms with E-state index >= 15 is 0 Å². The Kier molecular flexibility index (Phi) is 2.65. The van der Waals surface area contributed by atoms with Crippen LogP contribution in [-0.2, 0) is 4.74 Å². The van der Waals surface area contributed by atoms with E-state index in [4.69, 9.17) is 4.74 Å². The molecule has 3 rings (SSSR count). The fourth-order valence-electron chi connectivity index (χ4n) is 2.51. The van der Waals surface area contributed by atoms with Gasteiger partial charge in [0.25, 0.3) is 11.8 Å². The summed E-state index contributed by atoms with van der Waals surface area (Å²) in [5.41, 5.74) is 0.866. The highest BCUT2D eigenvalue weighted by Gasteiger charge is 2.41. The number of carbonyl (C=O) groups is 2. The first-order valence-corrected chi connectivity index (χ1v) is 5.91. The summed E-state index contributed by atoms with van der Waals surface area (Å²) in [6.07, 6.45) is -0.237. The van der Waals surface area contributed by atoms with Gasteiger partial charge in [0.05, 0.1) is 36.5 Å². The first kappa shape index (κ1) is 11.4. The fourth-order valence-corrected chi connectivity index (χ4v) is 2.51. The van der Waals surface area contributed by atoms with E-state index in [1.54, 1.807) is 24.3 Å². The van der Waals surface area contributed by atoms with Crippen LogP contribution in [0.1, 0.15) is 27.1 Å². The van der Waals surface area contributed by atoms with Crippen molar-refractivity contribution in [3.05, 3.63) is 35.4 Å². The van der Waals surface area contributed by atoms with E-state index in [1.165, 1.54) is 4.90 Å². The lowest BCUT2D eigenvalue weighted by atomic mass is 10.1. The van der Waals surface area contributed by atoms with Gasteiger partial charge in [0, 0.05) is 0 Å². The Morgan fingerprint density at radius 1 is 1.11 bits per heavy atom. The van der Waals surface area contributed by atoms with E-state index in [1.807, 2.05) is 0 Å². The van der Waals surface area contributed by atoms with Crippen LogP contribution >= 0.6 is 0 Å². The second-order valence-electron chi connectivity index (χ2n) is 4.61. The third-order valence-electron chi connectivity index (χ3n) is 3.36. The van der Waals surface area contributed by atoms with Gasteiger partial charge in [0.15, 0.2) is 0 Å². The number of aliphatic hydroxyl groups excluding tert-OH is 1. The van der Waals surface area contributed by atoms with Gasteiger partial charge in [-0.3, -0.25) is 14.5 Å². The Morgan fingerprint density at radius 3 is 2.28 bits per heavy atom. The molecule has 1 aromatic carbocycles. The quantitative estimate of drug-likeness (QED) is 0.731. The van der Waals surface area contributed by atoms with Crippen LogP contribution < -0.4 is 0 Å². The number of fused-ring (bicyclic) bond motifs is 1. The number of imide groups is 1. The van der Waals surface area contributed by atoms with Crippen LogP contribution in [-0.4, -0.2) is 47.2 Å². The summed E-state index contributed by atoms with van der Waals surface area (Å²) in [6, 6.07) is 6.39. The predicted octanol–water partition coefficient (Wildman–Crippen LogP) is 0.432. The molecule has 2 heterocycles. The van der Waals surface area contributed by atoms with Crippen LogP contribution in [0.15, 0.2) is 24.3 Å². The molecule has 1 N–H and O–H groups in total. The molecule has 5 heteroatoms. The van der Waals surface area contributed by atoms with Crippen LogP contribution in [0, 0.1) is 0 Å². The Labute approximate surface area is 104 Å². The first-order chi connectivity index (χ1) is 8.68. The minimum atomic E-state index is -0.618. The van der Waals surface area contributed by atoms with E-state index in [-0.39, 0.29) is 24.5 Å². The average molecular weight is 247 g/mol. The van der Waals surface area contributed by atoms with Gasteiger partial charge in [-0.05, 0) is 18.6 Å². The summed E-state index contributed by atoms with van der Waals surface area (Å²) in [7, 11) is 0. The van der Waals surface area contributed by atoms with Gasteiger partial charge in [-0.15, -0.1) is 0 Å². The highest BCUT2D eigenvalue weighted by molar-refractivity contribution is 6.21. The second-order valence-corrected chi connectivity index (χ2v) is 4.61. The molecule has 18 heavy (non-hydrogen) atoms. The monoisotopic (exact) mass is 247 g/mol. The molecule has 5 nitrogen and oxygen atoms in total. The van der Waals surface area contributed by atoms with Gasteiger partial charge < -0.3 is 9.84 Å². The smallest absolute Gasteiger partial charge is 0.261 e. The first-order valence-electron chi connectivity index (χ1n) is 5.91. The van der Waals surface area contributed by atoms with E-state index < -0.39 is 6.10 Å². The largest absolute Gasteiger partial charge is 0.391 e. The average Bonchev–Trinajstić information content (AvgIpc) is 2.63. The van der Waals surface area contributed by atoms with Crippen molar-refractivity contribution >= 4 is 11.8 Å². The normalized spacial score (nSPS) is 27.5. The molecule has 1 fully saturated rings. The molecule has 1 saturated heterocycles. The van der Waals surface area contributed by atoms with Crippen LogP contribution in [0.25, 0.3) is 0 Å². The van der Waals surface area contributed by atoms with Crippen LogP contribution in [0.2, 0.25) is 0 Å². The van der Waals surface area contributed by atoms with Crippen molar-refractivity contribution in [2.24, 2.45) is 0 Å². The van der Waals surface area contributed by atoms with Gasteiger partial charge in [-0.1, -0.05) is 12.1 Å². The topological polar surface area (TPSA) is 66.8 Å². The van der Waals surface area contributed by atoms with Crippen molar-refractivity contribution in [2.45, 2.75) is 18.6 Å². The van der Waals surface area contributed by atoms with Crippen molar-refractivity contribution < 1.29 is 19.4 Å². The highest BCUT2D eigenvalue weighted by atomic mass is 16.5. The Morgan fingerprint density at radius 2 is 1.72 bits per heavy atom.